The van der Waals surface area contributed by atoms with Crippen molar-refractivity contribution in [2.24, 2.45) is 0 Å². The summed E-state index contributed by atoms with van der Waals surface area (Å²) in [6.45, 7) is 0.0954. The van der Waals surface area contributed by atoms with Gasteiger partial charge in [0.15, 0.2) is 6.10 Å². The highest BCUT2D eigenvalue weighted by Gasteiger charge is 2.41. The molecular formula is C18H18O4S. The Bertz CT molecular complexity index is 661. The molecule has 1 fully saturated rings. The van der Waals surface area contributed by atoms with Gasteiger partial charge in [0.05, 0.1) is 18.3 Å². The lowest BCUT2D eigenvalue weighted by molar-refractivity contribution is -0.140. The molecule has 3 atom stereocenters. The number of benzene rings is 2. The van der Waals surface area contributed by atoms with Crippen LogP contribution >= 0.6 is 12.6 Å². The molecule has 0 radical (unpaired) electrons. The Hall–Kier alpha value is -1.82. The van der Waals surface area contributed by atoms with Crippen molar-refractivity contribution in [1.82, 2.24) is 0 Å². The van der Waals surface area contributed by atoms with Gasteiger partial charge >= 0.3 is 5.97 Å². The van der Waals surface area contributed by atoms with E-state index < -0.39 is 23.1 Å². The van der Waals surface area contributed by atoms with Gasteiger partial charge < -0.3 is 14.6 Å². The van der Waals surface area contributed by atoms with Crippen molar-refractivity contribution in [3.8, 4) is 0 Å². The van der Waals surface area contributed by atoms with E-state index in [1.54, 1.807) is 24.3 Å². The second-order valence-electron chi connectivity index (χ2n) is 5.54. The molecule has 2 aromatic rings. The van der Waals surface area contributed by atoms with E-state index in [-0.39, 0.29) is 13.0 Å². The fourth-order valence-electron chi connectivity index (χ4n) is 2.60. The zero-order valence-electron chi connectivity index (χ0n) is 12.5. The van der Waals surface area contributed by atoms with E-state index in [1.165, 1.54) is 0 Å². The molecule has 1 aliphatic heterocycles. The number of aliphatic hydroxyl groups is 1. The van der Waals surface area contributed by atoms with Crippen LogP contribution in [0.4, 0.5) is 0 Å². The molecule has 1 aliphatic rings. The Morgan fingerprint density at radius 2 is 1.74 bits per heavy atom. The fraction of sp³-hybridized carbons (Fsp3) is 0.278. The maximum Gasteiger partial charge on any atom is 0.338 e. The Morgan fingerprint density at radius 3 is 2.35 bits per heavy atom. The predicted octanol–water partition coefficient (Wildman–Crippen LogP) is 2.78. The van der Waals surface area contributed by atoms with Crippen LogP contribution in [0.5, 0.6) is 0 Å². The largest absolute Gasteiger partial charge is 0.454 e. The van der Waals surface area contributed by atoms with Gasteiger partial charge in [-0.1, -0.05) is 48.5 Å². The Balaban J connectivity index is 1.66. The van der Waals surface area contributed by atoms with Crippen molar-refractivity contribution >= 4 is 18.6 Å². The topological polar surface area (TPSA) is 55.8 Å². The summed E-state index contributed by atoms with van der Waals surface area (Å²) in [7, 11) is 0. The van der Waals surface area contributed by atoms with Crippen molar-refractivity contribution < 1.29 is 19.4 Å². The van der Waals surface area contributed by atoms with Crippen molar-refractivity contribution in [3.63, 3.8) is 0 Å². The first-order valence-electron chi connectivity index (χ1n) is 7.44. The zero-order valence-corrected chi connectivity index (χ0v) is 13.4. The molecule has 0 bridgehead atoms. The molecule has 2 aromatic carbocycles. The van der Waals surface area contributed by atoms with Gasteiger partial charge in [0.25, 0.3) is 0 Å². The highest BCUT2D eigenvalue weighted by atomic mass is 32.1. The molecule has 23 heavy (non-hydrogen) atoms. The second kappa shape index (κ2) is 6.74. The Labute approximate surface area is 140 Å². The van der Waals surface area contributed by atoms with Gasteiger partial charge in [-0.15, -0.1) is 12.6 Å². The molecule has 1 saturated heterocycles. The molecule has 4 nitrogen and oxygen atoms in total. The lowest BCUT2D eigenvalue weighted by Crippen LogP contribution is -2.47. The molecule has 1 heterocycles. The highest BCUT2D eigenvalue weighted by Crippen LogP contribution is 2.39. The molecular weight excluding hydrogens is 312 g/mol. The summed E-state index contributed by atoms with van der Waals surface area (Å²) in [5.41, 5.74) is 1.32. The van der Waals surface area contributed by atoms with Gasteiger partial charge in [-0.2, -0.15) is 0 Å². The average Bonchev–Trinajstić information content (AvgIpc) is 2.59. The van der Waals surface area contributed by atoms with Crippen LogP contribution in [0.2, 0.25) is 0 Å². The summed E-state index contributed by atoms with van der Waals surface area (Å²) in [6, 6.07) is 18.2. The SMILES string of the molecule is O=C(O[C@H]1COC(S)(c2ccccc2)C[C@H]1O)c1ccccc1. The number of thiol groups is 1. The van der Waals surface area contributed by atoms with E-state index in [1.807, 2.05) is 36.4 Å². The molecule has 5 heteroatoms. The maximum absolute atomic E-state index is 12.1. The van der Waals surface area contributed by atoms with Gasteiger partial charge in [-0.25, -0.2) is 4.79 Å². The highest BCUT2D eigenvalue weighted by molar-refractivity contribution is 7.81. The zero-order chi connectivity index (χ0) is 16.3. The molecule has 3 rings (SSSR count). The van der Waals surface area contributed by atoms with Crippen molar-refractivity contribution in [3.05, 3.63) is 71.8 Å². The quantitative estimate of drug-likeness (QED) is 0.671. The molecule has 0 aromatic heterocycles. The van der Waals surface area contributed by atoms with E-state index in [4.69, 9.17) is 9.47 Å². The normalized spacial score (nSPS) is 27.4. The average molecular weight is 330 g/mol. The third-order valence-electron chi connectivity index (χ3n) is 3.89. The van der Waals surface area contributed by atoms with E-state index in [0.29, 0.717) is 5.56 Å². The number of carbonyl (C=O) groups excluding carboxylic acids is 1. The summed E-state index contributed by atoms with van der Waals surface area (Å²) >= 11 is 4.58. The van der Waals surface area contributed by atoms with Crippen molar-refractivity contribution in [1.29, 1.82) is 0 Å². The van der Waals surface area contributed by atoms with Crippen LogP contribution in [0.25, 0.3) is 0 Å². The Kier molecular flexibility index (Phi) is 4.71. The number of ether oxygens (including phenoxy) is 2. The molecule has 1 unspecified atom stereocenters. The Morgan fingerprint density at radius 1 is 1.13 bits per heavy atom. The van der Waals surface area contributed by atoms with E-state index >= 15 is 0 Å². The minimum atomic E-state index is -0.879. The summed E-state index contributed by atoms with van der Waals surface area (Å²) in [6.07, 6.45) is -1.30. The van der Waals surface area contributed by atoms with Crippen LogP contribution < -0.4 is 0 Å². The van der Waals surface area contributed by atoms with Crippen molar-refractivity contribution in [2.75, 3.05) is 6.61 Å². The summed E-state index contributed by atoms with van der Waals surface area (Å²) < 4.78 is 11.2. The second-order valence-corrected chi connectivity index (χ2v) is 6.27. The minimum absolute atomic E-state index is 0.0954. The third kappa shape index (κ3) is 3.58. The van der Waals surface area contributed by atoms with E-state index in [9.17, 15) is 9.90 Å². The summed E-state index contributed by atoms with van der Waals surface area (Å²) in [5.74, 6) is -0.468. The van der Waals surface area contributed by atoms with Crippen LogP contribution in [0.1, 0.15) is 22.3 Å². The van der Waals surface area contributed by atoms with Gasteiger partial charge in [0.2, 0.25) is 0 Å². The molecule has 0 saturated carbocycles. The first kappa shape index (κ1) is 16.1. The van der Waals surface area contributed by atoms with Crippen LogP contribution in [-0.2, 0) is 14.4 Å². The van der Waals surface area contributed by atoms with E-state index in [0.717, 1.165) is 5.56 Å². The third-order valence-corrected chi connectivity index (χ3v) is 4.46. The number of hydrogen-bond acceptors (Lipinski definition) is 5. The number of rotatable bonds is 3. The summed E-state index contributed by atoms with van der Waals surface area (Å²) in [4.78, 5) is 11.2. The number of aliphatic hydroxyl groups excluding tert-OH is 1. The molecule has 120 valence electrons. The first-order valence-corrected chi connectivity index (χ1v) is 7.89. The van der Waals surface area contributed by atoms with Crippen molar-refractivity contribution in [2.45, 2.75) is 23.6 Å². The smallest absolute Gasteiger partial charge is 0.338 e. The standard InChI is InChI=1S/C18H18O4S/c19-15-11-18(23,14-9-5-2-6-10-14)21-12-16(15)22-17(20)13-7-3-1-4-8-13/h1-10,15-16,19,23H,11-12H2/t15-,16+,18?/m1/s1. The monoisotopic (exact) mass is 330 g/mol. The molecule has 0 aliphatic carbocycles. The number of hydrogen-bond donors (Lipinski definition) is 2. The van der Waals surface area contributed by atoms with E-state index in [2.05, 4.69) is 12.6 Å². The van der Waals surface area contributed by atoms with Crippen LogP contribution in [0.3, 0.4) is 0 Å². The summed E-state index contributed by atoms with van der Waals surface area (Å²) in [5, 5.41) is 10.4. The van der Waals surface area contributed by atoms with Crippen LogP contribution in [0, 0.1) is 0 Å². The van der Waals surface area contributed by atoms with Crippen LogP contribution in [-0.4, -0.2) is 29.9 Å². The lowest BCUT2D eigenvalue weighted by atomic mass is 9.97. The first-order chi connectivity index (χ1) is 11.1. The van der Waals surface area contributed by atoms with Gasteiger partial charge in [0.1, 0.15) is 4.93 Å². The van der Waals surface area contributed by atoms with Gasteiger partial charge in [0, 0.05) is 6.42 Å². The van der Waals surface area contributed by atoms with Crippen LogP contribution in [0.15, 0.2) is 60.7 Å². The van der Waals surface area contributed by atoms with Gasteiger partial charge in [-0.05, 0) is 17.7 Å². The van der Waals surface area contributed by atoms with Gasteiger partial charge in [-0.3, -0.25) is 0 Å². The number of carbonyl (C=O) groups is 1. The predicted molar refractivity (Wildman–Crippen MR) is 89.3 cm³/mol. The molecule has 0 amide bonds. The maximum atomic E-state index is 12.1. The number of esters is 1. The molecule has 0 spiro atoms. The molecule has 1 N–H and O–H groups in total. The lowest BCUT2D eigenvalue weighted by Gasteiger charge is -2.39. The fourth-order valence-corrected chi connectivity index (χ4v) is 3.01. The minimum Gasteiger partial charge on any atom is -0.454 e.